The summed E-state index contributed by atoms with van der Waals surface area (Å²) in [5.41, 5.74) is 3.10. The molecule has 3 rings (SSSR count). The van der Waals surface area contributed by atoms with Gasteiger partial charge >= 0.3 is 6.09 Å². The Balaban J connectivity index is 1.55. The predicted molar refractivity (Wildman–Crippen MR) is 125 cm³/mol. The fourth-order valence-corrected chi connectivity index (χ4v) is 4.13. The number of carbonyl (C=O) groups excluding carboxylic acids is 1. The van der Waals surface area contributed by atoms with Gasteiger partial charge in [0.2, 0.25) is 0 Å². The molecule has 0 aromatic heterocycles. The molecule has 5 heteroatoms. The number of hydrogen-bond acceptors (Lipinski definition) is 4. The van der Waals surface area contributed by atoms with Gasteiger partial charge in [0, 0.05) is 31.2 Å². The van der Waals surface area contributed by atoms with E-state index in [9.17, 15) is 4.79 Å². The lowest BCUT2D eigenvalue weighted by atomic mass is 9.90. The van der Waals surface area contributed by atoms with Crippen LogP contribution < -0.4 is 10.1 Å². The molecule has 168 valence electrons. The van der Waals surface area contributed by atoms with E-state index in [4.69, 9.17) is 9.47 Å². The largest absolute Gasteiger partial charge is 0.496 e. The van der Waals surface area contributed by atoms with Gasteiger partial charge in [0.1, 0.15) is 11.4 Å². The minimum absolute atomic E-state index is 0.230. The van der Waals surface area contributed by atoms with Crippen LogP contribution in [0.2, 0.25) is 0 Å². The first-order valence-corrected chi connectivity index (χ1v) is 11.2. The lowest BCUT2D eigenvalue weighted by Crippen LogP contribution is -2.44. The predicted octanol–water partition coefficient (Wildman–Crippen LogP) is 5.63. The third kappa shape index (κ3) is 6.47. The quantitative estimate of drug-likeness (QED) is 0.653. The zero-order chi connectivity index (χ0) is 22.4. The molecular weight excluding hydrogens is 388 g/mol. The Kier molecular flexibility index (Phi) is 7.60. The van der Waals surface area contributed by atoms with E-state index in [-0.39, 0.29) is 12.1 Å². The molecular formula is C26H36N2O3. The monoisotopic (exact) mass is 424 g/mol. The van der Waals surface area contributed by atoms with Gasteiger partial charge < -0.3 is 19.7 Å². The Morgan fingerprint density at radius 1 is 1.03 bits per heavy atom. The van der Waals surface area contributed by atoms with Gasteiger partial charge in [-0.3, -0.25) is 0 Å². The van der Waals surface area contributed by atoms with Crippen molar-refractivity contribution in [1.82, 2.24) is 10.2 Å². The molecule has 1 saturated carbocycles. The molecule has 1 aliphatic carbocycles. The second kappa shape index (κ2) is 10.2. The Labute approximate surface area is 186 Å². The van der Waals surface area contributed by atoms with E-state index >= 15 is 0 Å². The summed E-state index contributed by atoms with van der Waals surface area (Å²) in [5, 5.41) is 3.70. The summed E-state index contributed by atoms with van der Waals surface area (Å²) in [5.74, 6) is 0.908. The summed E-state index contributed by atoms with van der Waals surface area (Å²) in [6.45, 7) is 6.48. The molecule has 0 spiro atoms. The molecule has 0 aliphatic heterocycles. The Hall–Kier alpha value is -2.53. The fraction of sp³-hybridized carbons (Fsp3) is 0.500. The van der Waals surface area contributed by atoms with Crippen molar-refractivity contribution < 1.29 is 14.3 Å². The summed E-state index contributed by atoms with van der Waals surface area (Å²) in [6, 6.07) is 17.4. The molecule has 1 N–H and O–H groups in total. The average Bonchev–Trinajstić information content (AvgIpc) is 2.76. The number of methoxy groups -OCH3 is 1. The fourth-order valence-electron chi connectivity index (χ4n) is 4.13. The molecule has 0 atom stereocenters. The number of ether oxygens (including phenoxy) is 2. The van der Waals surface area contributed by atoms with Crippen LogP contribution in [0.3, 0.4) is 0 Å². The SMILES string of the molecule is COc1ccc(-c2ccccc2)cc1CN[C@H]1CC[C@H](N(C)C(=O)OC(C)(C)C)CC1. The van der Waals surface area contributed by atoms with Crippen molar-refractivity contribution in [3.8, 4) is 16.9 Å². The van der Waals surface area contributed by atoms with Gasteiger partial charge in [0.15, 0.2) is 0 Å². The first kappa shape index (κ1) is 23.1. The van der Waals surface area contributed by atoms with E-state index in [1.54, 1.807) is 12.0 Å². The number of carbonyl (C=O) groups is 1. The number of nitrogens with zero attached hydrogens (tertiary/aromatic N) is 1. The Bertz CT molecular complexity index is 853. The first-order valence-electron chi connectivity index (χ1n) is 11.2. The van der Waals surface area contributed by atoms with Gasteiger partial charge in [-0.2, -0.15) is 0 Å². The molecule has 2 aromatic rings. The zero-order valence-corrected chi connectivity index (χ0v) is 19.5. The number of rotatable bonds is 6. The smallest absolute Gasteiger partial charge is 0.410 e. The number of benzene rings is 2. The van der Waals surface area contributed by atoms with Crippen molar-refractivity contribution in [2.24, 2.45) is 0 Å². The standard InChI is InChI=1S/C26H36N2O3/c1-26(2,3)31-25(29)28(4)23-14-12-22(13-15-23)27-18-21-17-20(11-16-24(21)30-5)19-9-7-6-8-10-19/h6-11,16-17,22-23,27H,12-15,18H2,1-5H3/t22-,23-. The van der Waals surface area contributed by atoms with Crippen LogP contribution in [0.15, 0.2) is 48.5 Å². The molecule has 1 aliphatic rings. The van der Waals surface area contributed by atoms with Gasteiger partial charge in [0.25, 0.3) is 0 Å². The molecule has 0 radical (unpaired) electrons. The molecule has 31 heavy (non-hydrogen) atoms. The number of nitrogens with one attached hydrogen (secondary N) is 1. The topological polar surface area (TPSA) is 50.8 Å². The second-order valence-corrected chi connectivity index (χ2v) is 9.37. The maximum Gasteiger partial charge on any atom is 0.410 e. The third-order valence-corrected chi connectivity index (χ3v) is 5.89. The van der Waals surface area contributed by atoms with Crippen LogP contribution in [0, 0.1) is 0 Å². The Morgan fingerprint density at radius 2 is 1.71 bits per heavy atom. The van der Waals surface area contributed by atoms with E-state index in [1.807, 2.05) is 40.0 Å². The first-order chi connectivity index (χ1) is 14.8. The van der Waals surface area contributed by atoms with E-state index < -0.39 is 5.60 Å². The van der Waals surface area contributed by atoms with Gasteiger partial charge in [-0.15, -0.1) is 0 Å². The lowest BCUT2D eigenvalue weighted by Gasteiger charge is -2.36. The van der Waals surface area contributed by atoms with Gasteiger partial charge in [0.05, 0.1) is 7.11 Å². The highest BCUT2D eigenvalue weighted by atomic mass is 16.6. The normalized spacial score (nSPS) is 19.0. The molecule has 5 nitrogen and oxygen atoms in total. The minimum Gasteiger partial charge on any atom is -0.496 e. The summed E-state index contributed by atoms with van der Waals surface area (Å²) in [6.07, 6.45) is 3.81. The van der Waals surface area contributed by atoms with Crippen molar-refractivity contribution in [1.29, 1.82) is 0 Å². The van der Waals surface area contributed by atoms with Crippen LogP contribution in [0.5, 0.6) is 5.75 Å². The van der Waals surface area contributed by atoms with E-state index in [0.717, 1.165) is 43.5 Å². The molecule has 0 heterocycles. The maximum atomic E-state index is 12.3. The van der Waals surface area contributed by atoms with Crippen molar-refractivity contribution >= 4 is 6.09 Å². The average molecular weight is 425 g/mol. The summed E-state index contributed by atoms with van der Waals surface area (Å²) >= 11 is 0. The zero-order valence-electron chi connectivity index (χ0n) is 19.5. The van der Waals surface area contributed by atoms with Crippen molar-refractivity contribution in [2.75, 3.05) is 14.2 Å². The molecule has 0 unspecified atom stereocenters. The molecule has 0 saturated heterocycles. The van der Waals surface area contributed by atoms with Crippen LogP contribution in [0.25, 0.3) is 11.1 Å². The summed E-state index contributed by atoms with van der Waals surface area (Å²) < 4.78 is 11.1. The van der Waals surface area contributed by atoms with Crippen LogP contribution in [0.4, 0.5) is 4.79 Å². The van der Waals surface area contributed by atoms with Crippen LogP contribution in [0.1, 0.15) is 52.0 Å². The van der Waals surface area contributed by atoms with Crippen molar-refractivity contribution in [2.45, 2.75) is 70.7 Å². The minimum atomic E-state index is -0.461. The number of hydrogen-bond donors (Lipinski definition) is 1. The summed E-state index contributed by atoms with van der Waals surface area (Å²) in [7, 11) is 3.57. The van der Waals surface area contributed by atoms with Gasteiger partial charge in [-0.25, -0.2) is 4.79 Å². The highest BCUT2D eigenvalue weighted by molar-refractivity contribution is 5.68. The summed E-state index contributed by atoms with van der Waals surface area (Å²) in [4.78, 5) is 14.1. The maximum absolute atomic E-state index is 12.3. The van der Waals surface area contributed by atoms with Gasteiger partial charge in [-0.1, -0.05) is 36.4 Å². The van der Waals surface area contributed by atoms with E-state index in [0.29, 0.717) is 6.04 Å². The van der Waals surface area contributed by atoms with E-state index in [1.165, 1.54) is 11.1 Å². The highest BCUT2D eigenvalue weighted by Crippen LogP contribution is 2.28. The van der Waals surface area contributed by atoms with Crippen LogP contribution in [-0.4, -0.2) is 42.8 Å². The third-order valence-electron chi connectivity index (χ3n) is 5.89. The highest BCUT2D eigenvalue weighted by Gasteiger charge is 2.29. The van der Waals surface area contributed by atoms with E-state index in [2.05, 4.69) is 41.7 Å². The molecule has 0 bridgehead atoms. The molecule has 2 aromatic carbocycles. The van der Waals surface area contributed by atoms with Gasteiger partial charge in [-0.05, 0) is 69.7 Å². The Morgan fingerprint density at radius 3 is 2.32 bits per heavy atom. The lowest BCUT2D eigenvalue weighted by molar-refractivity contribution is 0.0179. The second-order valence-electron chi connectivity index (χ2n) is 9.37. The van der Waals surface area contributed by atoms with Crippen molar-refractivity contribution in [3.63, 3.8) is 0 Å². The molecule has 1 fully saturated rings. The van der Waals surface area contributed by atoms with Crippen LogP contribution >= 0.6 is 0 Å². The number of amides is 1. The molecule has 1 amide bonds. The van der Waals surface area contributed by atoms with Crippen molar-refractivity contribution in [3.05, 3.63) is 54.1 Å². The van der Waals surface area contributed by atoms with Crippen LogP contribution in [-0.2, 0) is 11.3 Å².